The fourth-order valence-corrected chi connectivity index (χ4v) is 1.65. The van der Waals surface area contributed by atoms with Crippen LogP contribution in [-0.4, -0.2) is 25.3 Å². The minimum atomic E-state index is -0.201. The van der Waals surface area contributed by atoms with Crippen molar-refractivity contribution >= 4 is 12.2 Å². The first-order valence-electron chi connectivity index (χ1n) is 5.65. The summed E-state index contributed by atoms with van der Waals surface area (Å²) in [4.78, 5) is 22.1. The van der Waals surface area contributed by atoms with Crippen LogP contribution < -0.4 is 10.1 Å². The molecule has 96 valence electrons. The number of ether oxygens (including phenoxy) is 1. The molecule has 0 fully saturated rings. The highest BCUT2D eigenvalue weighted by Crippen LogP contribution is 2.24. The highest BCUT2D eigenvalue weighted by molar-refractivity contribution is 5.78. The molecule has 0 heterocycles. The van der Waals surface area contributed by atoms with Crippen molar-refractivity contribution in [1.29, 1.82) is 0 Å². The number of nitrogens with one attached hydrogen (secondary N) is 1. The maximum Gasteiger partial charge on any atom is 0.258 e. The Bertz CT molecular complexity index is 443. The Hall–Kier alpha value is -2.10. The summed E-state index contributed by atoms with van der Waals surface area (Å²) in [5, 5.41) is 2.63. The number of hydrogen-bond acceptors (Lipinski definition) is 3. The molecule has 0 saturated heterocycles. The first-order valence-corrected chi connectivity index (χ1v) is 5.65. The van der Waals surface area contributed by atoms with Crippen LogP contribution in [0.4, 0.5) is 0 Å². The Balaban J connectivity index is 2.70. The molecule has 0 atom stereocenters. The molecular weight excluding hydrogens is 230 g/mol. The molecule has 1 rings (SSSR count). The molecule has 0 bridgehead atoms. The Morgan fingerprint density at radius 3 is 2.50 bits per heavy atom. The smallest absolute Gasteiger partial charge is 0.258 e. The van der Waals surface area contributed by atoms with Gasteiger partial charge in [0.05, 0.1) is 0 Å². The van der Waals surface area contributed by atoms with Crippen molar-refractivity contribution in [2.24, 2.45) is 0 Å². The van der Waals surface area contributed by atoms with Crippen LogP contribution in [0.3, 0.4) is 0 Å². The number of aryl methyl sites for hydroxylation is 2. The highest BCUT2D eigenvalue weighted by atomic mass is 16.5. The second kappa shape index (κ2) is 6.59. The van der Waals surface area contributed by atoms with Gasteiger partial charge in [0.25, 0.3) is 5.91 Å². The van der Waals surface area contributed by atoms with Gasteiger partial charge < -0.3 is 10.1 Å². The van der Waals surface area contributed by atoms with E-state index in [0.717, 1.165) is 17.4 Å². The van der Waals surface area contributed by atoms with Crippen molar-refractivity contribution in [3.8, 4) is 5.75 Å². The molecule has 0 aliphatic carbocycles. The van der Waals surface area contributed by atoms with Gasteiger partial charge in [-0.15, -0.1) is 6.58 Å². The number of hydrogen-bond donors (Lipinski definition) is 1. The van der Waals surface area contributed by atoms with Gasteiger partial charge >= 0.3 is 0 Å². The molecule has 0 unspecified atom stereocenters. The van der Waals surface area contributed by atoms with Gasteiger partial charge in [-0.25, -0.2) is 0 Å². The maximum absolute atomic E-state index is 11.4. The molecule has 0 aromatic heterocycles. The fraction of sp³-hybridized carbons (Fsp3) is 0.286. The molecule has 0 aliphatic rings. The normalized spacial score (nSPS) is 9.67. The van der Waals surface area contributed by atoms with Crippen molar-refractivity contribution in [2.45, 2.75) is 13.8 Å². The van der Waals surface area contributed by atoms with Crippen LogP contribution >= 0.6 is 0 Å². The van der Waals surface area contributed by atoms with Gasteiger partial charge in [0.2, 0.25) is 0 Å². The van der Waals surface area contributed by atoms with Gasteiger partial charge in [-0.1, -0.05) is 6.08 Å². The van der Waals surface area contributed by atoms with Crippen LogP contribution in [-0.2, 0) is 4.79 Å². The van der Waals surface area contributed by atoms with E-state index in [4.69, 9.17) is 4.74 Å². The first-order chi connectivity index (χ1) is 8.58. The van der Waals surface area contributed by atoms with Crippen LogP contribution in [0.1, 0.15) is 21.5 Å². The van der Waals surface area contributed by atoms with Crippen LogP contribution in [0.25, 0.3) is 0 Å². The molecule has 1 amide bonds. The molecule has 0 spiro atoms. The molecule has 1 aromatic carbocycles. The van der Waals surface area contributed by atoms with E-state index in [-0.39, 0.29) is 12.5 Å². The fourth-order valence-electron chi connectivity index (χ4n) is 1.65. The predicted molar refractivity (Wildman–Crippen MR) is 70.0 cm³/mol. The third-order valence-electron chi connectivity index (χ3n) is 2.41. The number of benzene rings is 1. The van der Waals surface area contributed by atoms with Gasteiger partial charge in [-0.3, -0.25) is 9.59 Å². The molecule has 0 radical (unpaired) electrons. The summed E-state index contributed by atoms with van der Waals surface area (Å²) in [5.74, 6) is 0.447. The zero-order valence-electron chi connectivity index (χ0n) is 10.7. The topological polar surface area (TPSA) is 55.4 Å². The number of carbonyl (C=O) groups excluding carboxylic acids is 2. The van der Waals surface area contributed by atoms with Crippen molar-refractivity contribution in [3.63, 3.8) is 0 Å². The minimum Gasteiger partial charge on any atom is -0.483 e. The molecular formula is C14H17NO3. The van der Waals surface area contributed by atoms with E-state index in [9.17, 15) is 9.59 Å². The predicted octanol–water partition coefficient (Wildman–Crippen LogP) is 1.80. The Kier molecular flexibility index (Phi) is 5.11. The summed E-state index contributed by atoms with van der Waals surface area (Å²) in [7, 11) is 0. The zero-order valence-corrected chi connectivity index (χ0v) is 10.7. The van der Waals surface area contributed by atoms with E-state index in [1.54, 1.807) is 18.2 Å². The average molecular weight is 247 g/mol. The van der Waals surface area contributed by atoms with Crippen LogP contribution in [0, 0.1) is 13.8 Å². The SMILES string of the molecule is C=CCNC(=O)COc1c(C)cc(C=O)cc1C. The third-order valence-corrected chi connectivity index (χ3v) is 2.41. The monoisotopic (exact) mass is 247 g/mol. The number of rotatable bonds is 6. The summed E-state index contributed by atoms with van der Waals surface area (Å²) in [6.07, 6.45) is 2.40. The lowest BCUT2D eigenvalue weighted by Crippen LogP contribution is -2.29. The summed E-state index contributed by atoms with van der Waals surface area (Å²) >= 11 is 0. The van der Waals surface area contributed by atoms with Crippen LogP contribution in [0.15, 0.2) is 24.8 Å². The lowest BCUT2D eigenvalue weighted by atomic mass is 10.1. The molecule has 0 aliphatic heterocycles. The van der Waals surface area contributed by atoms with E-state index in [2.05, 4.69) is 11.9 Å². The number of aldehydes is 1. The van der Waals surface area contributed by atoms with E-state index in [1.165, 1.54) is 0 Å². The Labute approximate surface area is 107 Å². The lowest BCUT2D eigenvalue weighted by molar-refractivity contribution is -0.122. The van der Waals surface area contributed by atoms with E-state index in [1.807, 2.05) is 13.8 Å². The van der Waals surface area contributed by atoms with Crippen LogP contribution in [0.2, 0.25) is 0 Å². The summed E-state index contributed by atoms with van der Waals surface area (Å²) in [6.45, 7) is 7.57. The summed E-state index contributed by atoms with van der Waals surface area (Å²) < 4.78 is 5.46. The van der Waals surface area contributed by atoms with Gasteiger partial charge in [-0.2, -0.15) is 0 Å². The third kappa shape index (κ3) is 3.73. The Morgan fingerprint density at radius 1 is 1.39 bits per heavy atom. The van der Waals surface area contributed by atoms with Crippen molar-refractivity contribution in [1.82, 2.24) is 5.32 Å². The van der Waals surface area contributed by atoms with Crippen LogP contribution in [0.5, 0.6) is 5.75 Å². The van der Waals surface area contributed by atoms with Crippen molar-refractivity contribution in [2.75, 3.05) is 13.2 Å². The van der Waals surface area contributed by atoms with Gasteiger partial charge in [0.15, 0.2) is 6.61 Å². The largest absolute Gasteiger partial charge is 0.483 e. The van der Waals surface area contributed by atoms with Gasteiger partial charge in [0.1, 0.15) is 12.0 Å². The highest BCUT2D eigenvalue weighted by Gasteiger charge is 2.08. The Morgan fingerprint density at radius 2 is 2.00 bits per heavy atom. The molecule has 0 saturated carbocycles. The molecule has 1 N–H and O–H groups in total. The average Bonchev–Trinajstić information content (AvgIpc) is 2.34. The van der Waals surface area contributed by atoms with Gasteiger partial charge in [-0.05, 0) is 37.1 Å². The maximum atomic E-state index is 11.4. The standard InChI is InChI=1S/C14H17NO3/c1-4-5-15-13(17)9-18-14-10(2)6-12(8-16)7-11(14)3/h4,6-8H,1,5,9H2,2-3H3,(H,15,17). The number of carbonyl (C=O) groups is 2. The first kappa shape index (κ1) is 14.0. The second-order valence-corrected chi connectivity index (χ2v) is 3.98. The summed E-state index contributed by atoms with van der Waals surface area (Å²) in [5.41, 5.74) is 2.29. The molecule has 4 heteroatoms. The molecule has 1 aromatic rings. The number of amides is 1. The molecule has 18 heavy (non-hydrogen) atoms. The lowest BCUT2D eigenvalue weighted by Gasteiger charge is -2.12. The quantitative estimate of drug-likeness (QED) is 0.616. The van der Waals surface area contributed by atoms with Crippen molar-refractivity contribution in [3.05, 3.63) is 41.5 Å². The van der Waals surface area contributed by atoms with E-state index in [0.29, 0.717) is 17.9 Å². The van der Waals surface area contributed by atoms with E-state index >= 15 is 0 Å². The summed E-state index contributed by atoms with van der Waals surface area (Å²) in [6, 6.07) is 3.47. The second-order valence-electron chi connectivity index (χ2n) is 3.98. The van der Waals surface area contributed by atoms with Gasteiger partial charge in [0, 0.05) is 12.1 Å². The minimum absolute atomic E-state index is 0.0457. The molecule has 4 nitrogen and oxygen atoms in total. The van der Waals surface area contributed by atoms with Crippen molar-refractivity contribution < 1.29 is 14.3 Å². The van der Waals surface area contributed by atoms with E-state index < -0.39 is 0 Å². The zero-order chi connectivity index (χ0) is 13.5.